The van der Waals surface area contributed by atoms with Crippen molar-refractivity contribution in [2.24, 2.45) is 0 Å². The molecule has 0 unspecified atom stereocenters. The Hall–Kier alpha value is -2.47. The van der Waals surface area contributed by atoms with Gasteiger partial charge in [-0.25, -0.2) is 13.6 Å². The molecule has 1 N–H and O–H groups in total. The van der Waals surface area contributed by atoms with Crippen molar-refractivity contribution in [2.75, 3.05) is 5.32 Å². The summed E-state index contributed by atoms with van der Waals surface area (Å²) in [5, 5.41) is 3.06. The molecular weight excluding hydrogens is 340 g/mol. The summed E-state index contributed by atoms with van der Waals surface area (Å²) in [6.07, 6.45) is -1.16. The summed E-state index contributed by atoms with van der Waals surface area (Å²) in [5.41, 5.74) is 0.830. The van der Waals surface area contributed by atoms with E-state index in [2.05, 4.69) is 5.32 Å². The summed E-state index contributed by atoms with van der Waals surface area (Å²) in [4.78, 5) is 24.0. The van der Waals surface area contributed by atoms with Crippen LogP contribution in [0.4, 0.5) is 14.5 Å². The minimum Gasteiger partial charge on any atom is -0.449 e. The minimum absolute atomic E-state index is 0.314. The van der Waals surface area contributed by atoms with Gasteiger partial charge < -0.3 is 10.1 Å². The Bertz CT molecular complexity index is 775. The Morgan fingerprint density at radius 2 is 1.79 bits per heavy atom. The fourth-order valence-electron chi connectivity index (χ4n) is 1.93. The lowest BCUT2D eigenvalue weighted by Gasteiger charge is -2.15. The lowest BCUT2D eigenvalue weighted by Crippen LogP contribution is -2.30. The zero-order chi connectivity index (χ0) is 17.9. The van der Waals surface area contributed by atoms with Crippen molar-refractivity contribution in [1.29, 1.82) is 0 Å². The Labute approximate surface area is 142 Å². The number of anilines is 1. The van der Waals surface area contributed by atoms with Crippen LogP contribution in [0.2, 0.25) is 5.02 Å². The molecule has 0 radical (unpaired) electrons. The van der Waals surface area contributed by atoms with Gasteiger partial charge in [0.15, 0.2) is 6.10 Å². The molecule has 0 aliphatic rings. The first kappa shape index (κ1) is 17.9. The number of carbonyl (C=O) groups is 2. The molecule has 2 aromatic rings. The SMILES string of the molecule is Cc1c(Cl)cccc1NC(=O)[C@@H](C)OC(=O)c1cc(F)cc(F)c1. The highest BCUT2D eigenvalue weighted by atomic mass is 35.5. The van der Waals surface area contributed by atoms with Crippen molar-refractivity contribution in [1.82, 2.24) is 0 Å². The molecule has 0 fully saturated rings. The molecule has 0 bridgehead atoms. The van der Waals surface area contributed by atoms with Crippen LogP contribution in [-0.4, -0.2) is 18.0 Å². The highest BCUT2D eigenvalue weighted by Gasteiger charge is 2.20. The molecule has 0 aromatic heterocycles. The van der Waals surface area contributed by atoms with Crippen LogP contribution in [0.15, 0.2) is 36.4 Å². The van der Waals surface area contributed by atoms with Crippen LogP contribution in [-0.2, 0) is 9.53 Å². The highest BCUT2D eigenvalue weighted by molar-refractivity contribution is 6.31. The molecule has 1 atom stereocenters. The number of halogens is 3. The topological polar surface area (TPSA) is 55.4 Å². The number of carbonyl (C=O) groups excluding carboxylic acids is 2. The molecule has 2 rings (SSSR count). The normalized spacial score (nSPS) is 11.7. The van der Waals surface area contributed by atoms with Crippen LogP contribution >= 0.6 is 11.6 Å². The smallest absolute Gasteiger partial charge is 0.339 e. The average Bonchev–Trinajstić information content (AvgIpc) is 2.50. The number of nitrogens with one attached hydrogen (secondary N) is 1. The average molecular weight is 354 g/mol. The molecule has 0 spiro atoms. The number of benzene rings is 2. The molecule has 0 saturated heterocycles. The van der Waals surface area contributed by atoms with Crippen molar-refractivity contribution >= 4 is 29.2 Å². The molecule has 7 heteroatoms. The Morgan fingerprint density at radius 3 is 2.42 bits per heavy atom. The van der Waals surface area contributed by atoms with Crippen LogP contribution < -0.4 is 5.32 Å². The van der Waals surface area contributed by atoms with E-state index in [-0.39, 0.29) is 5.56 Å². The standard InChI is InChI=1S/C17H14ClF2NO3/c1-9-14(18)4-3-5-15(9)21-16(22)10(2)24-17(23)11-6-12(19)8-13(20)7-11/h3-8,10H,1-2H3,(H,21,22)/t10-/m1/s1. The molecule has 0 heterocycles. The zero-order valence-electron chi connectivity index (χ0n) is 12.9. The second kappa shape index (κ2) is 7.40. The second-order valence-corrected chi connectivity index (χ2v) is 5.51. The van der Waals surface area contributed by atoms with Gasteiger partial charge >= 0.3 is 5.97 Å². The molecular formula is C17H14ClF2NO3. The number of rotatable bonds is 4. The third-order valence-electron chi connectivity index (χ3n) is 3.28. The summed E-state index contributed by atoms with van der Waals surface area (Å²) in [6.45, 7) is 3.08. The Kier molecular flexibility index (Phi) is 5.51. The van der Waals surface area contributed by atoms with Gasteiger partial charge in [0.2, 0.25) is 0 Å². The predicted octanol–water partition coefficient (Wildman–Crippen LogP) is 4.11. The van der Waals surface area contributed by atoms with E-state index < -0.39 is 29.6 Å². The van der Waals surface area contributed by atoms with Crippen LogP contribution in [0.25, 0.3) is 0 Å². The minimum atomic E-state index is -1.16. The Balaban J connectivity index is 2.05. The number of esters is 1. The summed E-state index contributed by atoms with van der Waals surface area (Å²) in [7, 11) is 0. The maximum absolute atomic E-state index is 13.1. The molecule has 126 valence electrons. The zero-order valence-corrected chi connectivity index (χ0v) is 13.7. The van der Waals surface area contributed by atoms with Gasteiger partial charge in [-0.1, -0.05) is 17.7 Å². The summed E-state index contributed by atoms with van der Waals surface area (Å²) in [5.74, 6) is -3.41. The lowest BCUT2D eigenvalue weighted by atomic mass is 10.2. The van der Waals surface area contributed by atoms with E-state index in [9.17, 15) is 18.4 Å². The van der Waals surface area contributed by atoms with E-state index >= 15 is 0 Å². The fourth-order valence-corrected chi connectivity index (χ4v) is 2.11. The fraction of sp³-hybridized carbons (Fsp3) is 0.176. The lowest BCUT2D eigenvalue weighted by molar-refractivity contribution is -0.123. The third-order valence-corrected chi connectivity index (χ3v) is 3.69. The molecule has 0 saturated carbocycles. The van der Waals surface area contributed by atoms with Gasteiger partial charge in [0.25, 0.3) is 5.91 Å². The highest BCUT2D eigenvalue weighted by Crippen LogP contribution is 2.23. The van der Waals surface area contributed by atoms with Crippen molar-refractivity contribution in [3.63, 3.8) is 0 Å². The Morgan fingerprint density at radius 1 is 1.17 bits per heavy atom. The van der Waals surface area contributed by atoms with Crippen molar-refractivity contribution in [3.8, 4) is 0 Å². The van der Waals surface area contributed by atoms with Crippen molar-refractivity contribution in [3.05, 3.63) is 64.2 Å². The maximum Gasteiger partial charge on any atom is 0.339 e. The predicted molar refractivity (Wildman–Crippen MR) is 86.1 cm³/mol. The van der Waals surface area contributed by atoms with E-state index in [0.717, 1.165) is 12.1 Å². The number of amides is 1. The van der Waals surface area contributed by atoms with Gasteiger partial charge in [0.1, 0.15) is 11.6 Å². The van der Waals surface area contributed by atoms with Gasteiger partial charge in [-0.15, -0.1) is 0 Å². The van der Waals surface area contributed by atoms with Crippen LogP contribution in [0.1, 0.15) is 22.8 Å². The van der Waals surface area contributed by atoms with Crippen LogP contribution in [0.5, 0.6) is 0 Å². The first-order valence-corrected chi connectivity index (χ1v) is 7.39. The number of ether oxygens (including phenoxy) is 1. The van der Waals surface area contributed by atoms with Crippen molar-refractivity contribution < 1.29 is 23.1 Å². The van der Waals surface area contributed by atoms with E-state index in [1.54, 1.807) is 25.1 Å². The summed E-state index contributed by atoms with van der Waals surface area (Å²) < 4.78 is 31.2. The first-order valence-electron chi connectivity index (χ1n) is 7.01. The van der Waals surface area contributed by atoms with Gasteiger partial charge in [0, 0.05) is 16.8 Å². The molecule has 0 aliphatic carbocycles. The summed E-state index contributed by atoms with van der Waals surface area (Å²) in [6, 6.07) is 7.28. The van der Waals surface area contributed by atoms with Crippen molar-refractivity contribution in [2.45, 2.75) is 20.0 Å². The molecule has 2 aromatic carbocycles. The van der Waals surface area contributed by atoms with Gasteiger partial charge in [-0.3, -0.25) is 4.79 Å². The summed E-state index contributed by atoms with van der Waals surface area (Å²) >= 11 is 5.96. The van der Waals surface area contributed by atoms with Crippen LogP contribution in [0.3, 0.4) is 0 Å². The first-order chi connectivity index (χ1) is 11.3. The van der Waals surface area contributed by atoms with Crippen LogP contribution in [0, 0.1) is 18.6 Å². The van der Waals surface area contributed by atoms with Gasteiger partial charge in [-0.05, 0) is 43.7 Å². The molecule has 4 nitrogen and oxygen atoms in total. The molecule has 0 aliphatic heterocycles. The van der Waals surface area contributed by atoms with E-state index in [1.165, 1.54) is 6.92 Å². The second-order valence-electron chi connectivity index (χ2n) is 5.11. The van der Waals surface area contributed by atoms with E-state index in [4.69, 9.17) is 16.3 Å². The molecule has 24 heavy (non-hydrogen) atoms. The largest absolute Gasteiger partial charge is 0.449 e. The van der Waals surface area contributed by atoms with E-state index in [0.29, 0.717) is 22.3 Å². The third kappa shape index (κ3) is 4.29. The molecule has 1 amide bonds. The van der Waals surface area contributed by atoms with Gasteiger partial charge in [-0.2, -0.15) is 0 Å². The number of hydrogen-bond acceptors (Lipinski definition) is 3. The number of hydrogen-bond donors (Lipinski definition) is 1. The maximum atomic E-state index is 13.1. The monoisotopic (exact) mass is 353 g/mol. The van der Waals surface area contributed by atoms with Gasteiger partial charge in [0.05, 0.1) is 5.56 Å². The quantitative estimate of drug-likeness (QED) is 0.841. The van der Waals surface area contributed by atoms with E-state index in [1.807, 2.05) is 0 Å².